The smallest absolute Gasteiger partial charge is 0.369 e. The summed E-state index contributed by atoms with van der Waals surface area (Å²) in [4.78, 5) is 2.14. The summed E-state index contributed by atoms with van der Waals surface area (Å²) in [7, 11) is 1.48. The molecule has 2 aromatic carbocycles. The van der Waals surface area contributed by atoms with Crippen molar-refractivity contribution in [2.24, 2.45) is 5.92 Å². The summed E-state index contributed by atoms with van der Waals surface area (Å²) in [5.74, 6) is 5.64. The molecule has 0 amide bonds. The number of halogens is 6. The molecular formula is C25H23F6NO2. The first kappa shape index (κ1) is 24.6. The van der Waals surface area contributed by atoms with Gasteiger partial charge in [-0.2, -0.15) is 26.3 Å². The van der Waals surface area contributed by atoms with Gasteiger partial charge in [0.2, 0.25) is 0 Å². The van der Waals surface area contributed by atoms with Crippen molar-refractivity contribution in [3.05, 3.63) is 70.8 Å². The van der Waals surface area contributed by atoms with E-state index in [0.717, 1.165) is 50.2 Å². The van der Waals surface area contributed by atoms with Gasteiger partial charge in [-0.05, 0) is 50.2 Å². The zero-order valence-electron chi connectivity index (χ0n) is 18.3. The third-order valence-corrected chi connectivity index (χ3v) is 6.74. The van der Waals surface area contributed by atoms with Crippen molar-refractivity contribution in [1.82, 2.24) is 4.90 Å². The molecule has 182 valence electrons. The molecular weight excluding hydrogens is 460 g/mol. The van der Waals surface area contributed by atoms with E-state index in [2.05, 4.69) is 16.7 Å². The second kappa shape index (κ2) is 8.59. The topological polar surface area (TPSA) is 32.7 Å². The standard InChI is InChI=1S/C25H23F6NO2/c1-34-22(16-32-12-8-17(22)9-13-32)10-11-23(33,18-4-2-6-20(14-18)24(26,27)28)19-5-3-7-21(15-19)25(29,30)31/h2-7,14-15,17,33H,8-9,12-13,16H2,1H3/t22-/m1/s1. The molecule has 0 spiro atoms. The molecule has 3 fully saturated rings. The Kier molecular flexibility index (Phi) is 6.21. The summed E-state index contributed by atoms with van der Waals surface area (Å²) >= 11 is 0. The number of methoxy groups -OCH3 is 1. The molecule has 0 aromatic heterocycles. The normalized spacial score (nSPS) is 25.1. The van der Waals surface area contributed by atoms with Gasteiger partial charge in [0.15, 0.2) is 5.60 Å². The second-order valence-corrected chi connectivity index (χ2v) is 8.76. The van der Waals surface area contributed by atoms with Gasteiger partial charge in [0.1, 0.15) is 5.60 Å². The van der Waals surface area contributed by atoms with Crippen LogP contribution < -0.4 is 0 Å². The Morgan fingerprint density at radius 3 is 1.74 bits per heavy atom. The maximum atomic E-state index is 13.4. The molecule has 3 heterocycles. The summed E-state index contributed by atoms with van der Waals surface area (Å²) in [6.45, 7) is 2.17. The fraction of sp³-hybridized carbons (Fsp3) is 0.440. The Labute approximate surface area is 193 Å². The number of rotatable bonds is 3. The van der Waals surface area contributed by atoms with Gasteiger partial charge in [0.25, 0.3) is 0 Å². The number of nitrogens with zero attached hydrogens (tertiary/aromatic N) is 1. The molecule has 5 rings (SSSR count). The average Bonchev–Trinajstić information content (AvgIpc) is 2.82. The van der Waals surface area contributed by atoms with Crippen molar-refractivity contribution in [2.75, 3.05) is 26.7 Å². The van der Waals surface area contributed by atoms with E-state index >= 15 is 0 Å². The van der Waals surface area contributed by atoms with Gasteiger partial charge in [-0.25, -0.2) is 0 Å². The van der Waals surface area contributed by atoms with Gasteiger partial charge in [-0.15, -0.1) is 0 Å². The molecule has 0 unspecified atom stereocenters. The van der Waals surface area contributed by atoms with Crippen LogP contribution in [0.3, 0.4) is 0 Å². The van der Waals surface area contributed by atoms with Crippen molar-refractivity contribution in [2.45, 2.75) is 36.4 Å². The molecule has 3 saturated heterocycles. The number of benzene rings is 2. The highest BCUT2D eigenvalue weighted by Crippen LogP contribution is 2.40. The van der Waals surface area contributed by atoms with E-state index in [1.807, 2.05) is 0 Å². The number of hydrogen-bond donors (Lipinski definition) is 1. The lowest BCUT2D eigenvalue weighted by Gasteiger charge is -2.49. The van der Waals surface area contributed by atoms with Crippen molar-refractivity contribution >= 4 is 0 Å². The van der Waals surface area contributed by atoms with Crippen molar-refractivity contribution in [3.63, 3.8) is 0 Å². The Bertz CT molecular complexity index is 1050. The van der Waals surface area contributed by atoms with Crippen LogP contribution in [0.25, 0.3) is 0 Å². The van der Waals surface area contributed by atoms with Crippen LogP contribution in [-0.4, -0.2) is 42.4 Å². The van der Waals surface area contributed by atoms with Gasteiger partial charge in [0.05, 0.1) is 11.1 Å². The molecule has 34 heavy (non-hydrogen) atoms. The molecule has 0 aliphatic carbocycles. The Balaban J connectivity index is 1.88. The van der Waals surface area contributed by atoms with E-state index in [1.165, 1.54) is 19.2 Å². The maximum Gasteiger partial charge on any atom is 0.416 e. The van der Waals surface area contributed by atoms with E-state index in [0.29, 0.717) is 18.7 Å². The quantitative estimate of drug-likeness (QED) is 0.489. The van der Waals surface area contributed by atoms with E-state index < -0.39 is 34.7 Å². The lowest BCUT2D eigenvalue weighted by Crippen LogP contribution is -2.59. The molecule has 0 radical (unpaired) electrons. The largest absolute Gasteiger partial charge is 0.416 e. The minimum absolute atomic E-state index is 0.0438. The van der Waals surface area contributed by atoms with Crippen molar-refractivity contribution < 1.29 is 36.2 Å². The van der Waals surface area contributed by atoms with Gasteiger partial charge in [0, 0.05) is 30.7 Å². The molecule has 9 heteroatoms. The van der Waals surface area contributed by atoms with Gasteiger partial charge in [-0.3, -0.25) is 4.90 Å². The minimum Gasteiger partial charge on any atom is -0.369 e. The van der Waals surface area contributed by atoms with Gasteiger partial charge in [-0.1, -0.05) is 36.1 Å². The summed E-state index contributed by atoms with van der Waals surface area (Å²) in [5.41, 5.74) is -6.04. The highest BCUT2D eigenvalue weighted by molar-refractivity contribution is 5.48. The van der Waals surface area contributed by atoms with Crippen LogP contribution in [0, 0.1) is 17.8 Å². The fourth-order valence-corrected chi connectivity index (χ4v) is 4.79. The van der Waals surface area contributed by atoms with Crippen LogP contribution in [0.15, 0.2) is 48.5 Å². The average molecular weight is 483 g/mol. The number of piperidine rings is 3. The fourth-order valence-electron chi connectivity index (χ4n) is 4.79. The SMILES string of the molecule is CO[C@]1(C#CC(O)(c2cccc(C(F)(F)F)c2)c2cccc(C(F)(F)F)c2)CN2CCC1CC2. The van der Waals surface area contributed by atoms with Gasteiger partial charge < -0.3 is 9.84 Å². The maximum absolute atomic E-state index is 13.4. The predicted molar refractivity (Wildman–Crippen MR) is 113 cm³/mol. The number of aliphatic hydroxyl groups is 1. The molecule has 3 aliphatic rings. The van der Waals surface area contributed by atoms with E-state index in [1.54, 1.807) is 0 Å². The van der Waals surface area contributed by atoms with Crippen LogP contribution >= 0.6 is 0 Å². The van der Waals surface area contributed by atoms with E-state index in [9.17, 15) is 31.4 Å². The third kappa shape index (κ3) is 4.54. The highest BCUT2D eigenvalue weighted by Gasteiger charge is 2.47. The summed E-state index contributed by atoms with van der Waals surface area (Å²) in [5, 5.41) is 11.7. The lowest BCUT2D eigenvalue weighted by atomic mass is 9.74. The molecule has 2 bridgehead atoms. The summed E-state index contributed by atoms with van der Waals surface area (Å²) < 4.78 is 86.0. The molecule has 3 nitrogen and oxygen atoms in total. The summed E-state index contributed by atoms with van der Waals surface area (Å²) in [6.07, 6.45) is -7.81. The van der Waals surface area contributed by atoms with Crippen molar-refractivity contribution in [3.8, 4) is 11.8 Å². The second-order valence-electron chi connectivity index (χ2n) is 8.76. The lowest BCUT2D eigenvalue weighted by molar-refractivity contribution is -0.138. The molecule has 1 N–H and O–H groups in total. The van der Waals surface area contributed by atoms with Gasteiger partial charge >= 0.3 is 12.4 Å². The monoisotopic (exact) mass is 483 g/mol. The van der Waals surface area contributed by atoms with Crippen LogP contribution in [-0.2, 0) is 22.7 Å². The molecule has 3 aliphatic heterocycles. The first-order valence-electron chi connectivity index (χ1n) is 10.8. The summed E-state index contributed by atoms with van der Waals surface area (Å²) in [6, 6.07) is 7.72. The van der Waals surface area contributed by atoms with Crippen LogP contribution in [0.2, 0.25) is 0 Å². The Morgan fingerprint density at radius 1 is 0.882 bits per heavy atom. The van der Waals surface area contributed by atoms with E-state index in [-0.39, 0.29) is 17.0 Å². The van der Waals surface area contributed by atoms with Crippen molar-refractivity contribution in [1.29, 1.82) is 0 Å². The number of alkyl halides is 6. The molecule has 1 atom stereocenters. The number of fused-ring (bicyclic) bond motifs is 3. The molecule has 0 saturated carbocycles. The first-order chi connectivity index (χ1) is 15.9. The zero-order valence-corrected chi connectivity index (χ0v) is 18.3. The first-order valence-corrected chi connectivity index (χ1v) is 10.8. The minimum atomic E-state index is -4.71. The zero-order chi connectivity index (χ0) is 24.8. The Morgan fingerprint density at radius 2 is 1.35 bits per heavy atom. The number of hydrogen-bond acceptors (Lipinski definition) is 3. The molecule has 2 aromatic rings. The Hall–Kier alpha value is -2.54. The van der Waals surface area contributed by atoms with Crippen LogP contribution in [0.1, 0.15) is 35.1 Å². The predicted octanol–water partition coefficient (Wildman–Crippen LogP) is 5.07. The van der Waals surface area contributed by atoms with Crippen LogP contribution in [0.4, 0.5) is 26.3 Å². The van der Waals surface area contributed by atoms with E-state index in [4.69, 9.17) is 4.74 Å². The van der Waals surface area contributed by atoms with Crippen LogP contribution in [0.5, 0.6) is 0 Å². The third-order valence-electron chi connectivity index (χ3n) is 6.74. The number of ether oxygens (including phenoxy) is 1. The highest BCUT2D eigenvalue weighted by atomic mass is 19.4.